The van der Waals surface area contributed by atoms with E-state index >= 15 is 0 Å². The zero-order valence-electron chi connectivity index (χ0n) is 15.6. The fraction of sp³-hybridized carbons (Fsp3) is 0.611. The van der Waals surface area contributed by atoms with Crippen LogP contribution >= 0.6 is 0 Å². The molecule has 4 nitrogen and oxygen atoms in total. The van der Waals surface area contributed by atoms with Gasteiger partial charge in [0.25, 0.3) is 5.91 Å². The molecule has 26 heavy (non-hydrogen) atoms. The lowest BCUT2D eigenvalue weighted by Gasteiger charge is -2.32. The van der Waals surface area contributed by atoms with Crippen molar-refractivity contribution in [2.75, 3.05) is 7.05 Å². The number of hydrogen-bond acceptors (Lipinski definition) is 3. The fourth-order valence-electron chi connectivity index (χ4n) is 2.92. The number of rotatable bonds is 3. The molecule has 0 atom stereocenters. The first-order chi connectivity index (χ1) is 11.8. The lowest BCUT2D eigenvalue weighted by atomic mass is 9.74. The van der Waals surface area contributed by atoms with Crippen molar-refractivity contribution in [1.82, 2.24) is 4.90 Å². The third kappa shape index (κ3) is 3.36. The van der Waals surface area contributed by atoms with Crippen LogP contribution in [0.4, 0.5) is 13.2 Å². The number of hydrogen-bond donors (Lipinski definition) is 0. The van der Waals surface area contributed by atoms with Gasteiger partial charge in [-0.2, -0.15) is 13.2 Å². The van der Waals surface area contributed by atoms with Gasteiger partial charge in [0.15, 0.2) is 0 Å². The molecule has 1 aliphatic heterocycles. The first kappa shape index (κ1) is 19.2. The quantitative estimate of drug-likeness (QED) is 0.768. The van der Waals surface area contributed by atoms with Crippen LogP contribution in [0.1, 0.15) is 56.5 Å². The van der Waals surface area contributed by atoms with Crippen molar-refractivity contribution in [3.8, 4) is 0 Å². The number of halogens is 3. The Morgan fingerprint density at radius 2 is 1.69 bits per heavy atom. The summed E-state index contributed by atoms with van der Waals surface area (Å²) in [6.45, 7) is 7.27. The van der Waals surface area contributed by atoms with Crippen LogP contribution < -0.4 is 5.46 Å². The lowest BCUT2D eigenvalue weighted by Crippen LogP contribution is -2.42. The molecular formula is C18H23BF3NO3. The summed E-state index contributed by atoms with van der Waals surface area (Å²) in [4.78, 5) is 14.4. The molecule has 2 aliphatic rings. The van der Waals surface area contributed by atoms with Crippen LogP contribution in [0.3, 0.4) is 0 Å². The summed E-state index contributed by atoms with van der Waals surface area (Å²) in [5, 5.41) is 0. The Morgan fingerprint density at radius 3 is 2.15 bits per heavy atom. The molecule has 1 amide bonds. The van der Waals surface area contributed by atoms with E-state index in [1.807, 2.05) is 27.7 Å². The van der Waals surface area contributed by atoms with E-state index in [1.165, 1.54) is 6.07 Å². The van der Waals surface area contributed by atoms with Crippen LogP contribution in [-0.4, -0.2) is 42.2 Å². The van der Waals surface area contributed by atoms with E-state index in [-0.39, 0.29) is 23.0 Å². The van der Waals surface area contributed by atoms with Gasteiger partial charge >= 0.3 is 13.3 Å². The van der Waals surface area contributed by atoms with Gasteiger partial charge in [0.05, 0.1) is 16.8 Å². The van der Waals surface area contributed by atoms with E-state index in [9.17, 15) is 18.0 Å². The molecule has 0 N–H and O–H groups in total. The molecule has 3 rings (SSSR count). The normalized spacial score (nSPS) is 21.8. The van der Waals surface area contributed by atoms with E-state index in [1.54, 1.807) is 11.9 Å². The molecule has 2 fully saturated rings. The van der Waals surface area contributed by atoms with E-state index < -0.39 is 30.1 Å². The summed E-state index contributed by atoms with van der Waals surface area (Å²) in [5.41, 5.74) is -1.95. The number of benzene rings is 1. The average Bonchev–Trinajstić information content (AvgIpc) is 3.32. The summed E-state index contributed by atoms with van der Waals surface area (Å²) < 4.78 is 51.4. The van der Waals surface area contributed by atoms with Crippen LogP contribution in [0.5, 0.6) is 0 Å². The molecule has 1 aromatic rings. The van der Waals surface area contributed by atoms with E-state index in [0.29, 0.717) is 0 Å². The Kier molecular flexibility index (Phi) is 4.43. The minimum atomic E-state index is -4.51. The van der Waals surface area contributed by atoms with Gasteiger partial charge in [0, 0.05) is 18.7 Å². The molecule has 0 bridgehead atoms. The minimum Gasteiger partial charge on any atom is -0.399 e. The van der Waals surface area contributed by atoms with Crippen molar-refractivity contribution in [1.29, 1.82) is 0 Å². The van der Waals surface area contributed by atoms with Gasteiger partial charge in [0.1, 0.15) is 0 Å². The maximum atomic E-state index is 13.2. The third-order valence-electron chi connectivity index (χ3n) is 5.53. The minimum absolute atomic E-state index is 0.121. The number of alkyl halides is 3. The Labute approximate surface area is 151 Å². The summed E-state index contributed by atoms with van der Waals surface area (Å²) >= 11 is 0. The Balaban J connectivity index is 2.04. The van der Waals surface area contributed by atoms with Crippen molar-refractivity contribution in [2.45, 2.75) is 64.0 Å². The van der Waals surface area contributed by atoms with E-state index in [0.717, 1.165) is 25.0 Å². The predicted molar refractivity (Wildman–Crippen MR) is 92.3 cm³/mol. The van der Waals surface area contributed by atoms with Crippen LogP contribution in [-0.2, 0) is 15.5 Å². The summed E-state index contributed by atoms with van der Waals surface area (Å²) in [7, 11) is 0.639. The maximum absolute atomic E-state index is 13.2. The van der Waals surface area contributed by atoms with Gasteiger partial charge in [-0.25, -0.2) is 0 Å². The first-order valence-electron chi connectivity index (χ1n) is 8.67. The van der Waals surface area contributed by atoms with E-state index in [4.69, 9.17) is 9.31 Å². The Morgan fingerprint density at radius 1 is 1.15 bits per heavy atom. The fourth-order valence-corrected chi connectivity index (χ4v) is 2.92. The smallest absolute Gasteiger partial charge is 0.399 e. The van der Waals surface area contributed by atoms with E-state index in [2.05, 4.69) is 0 Å². The van der Waals surface area contributed by atoms with Crippen LogP contribution in [0, 0.1) is 0 Å². The van der Waals surface area contributed by atoms with Gasteiger partial charge in [-0.3, -0.25) is 4.79 Å². The second-order valence-electron chi connectivity index (χ2n) is 8.04. The summed E-state index contributed by atoms with van der Waals surface area (Å²) in [6, 6.07) is 3.28. The molecule has 0 unspecified atom stereocenters. The predicted octanol–water partition coefficient (Wildman–Crippen LogP) is 3.24. The van der Waals surface area contributed by atoms with Crippen molar-refractivity contribution in [3.05, 3.63) is 29.3 Å². The molecule has 1 saturated heterocycles. The van der Waals surface area contributed by atoms with Gasteiger partial charge in [-0.15, -0.1) is 0 Å². The van der Waals surface area contributed by atoms with Gasteiger partial charge in [-0.1, -0.05) is 0 Å². The average molecular weight is 369 g/mol. The molecular weight excluding hydrogens is 346 g/mol. The highest BCUT2D eigenvalue weighted by atomic mass is 19.4. The van der Waals surface area contributed by atoms with Crippen LogP contribution in [0.25, 0.3) is 0 Å². The molecule has 1 aliphatic carbocycles. The SMILES string of the molecule is CN(C(=O)c1ccc(C(F)(F)F)cc1B1OC(C)(C)C(C)(C)O1)C1CC1. The highest BCUT2D eigenvalue weighted by Gasteiger charge is 2.53. The molecule has 142 valence electrons. The monoisotopic (exact) mass is 369 g/mol. The van der Waals surface area contributed by atoms with Crippen LogP contribution in [0.2, 0.25) is 0 Å². The zero-order valence-corrected chi connectivity index (χ0v) is 15.6. The van der Waals surface area contributed by atoms with Gasteiger partial charge in [-0.05, 0) is 64.2 Å². The number of nitrogens with zero attached hydrogens (tertiary/aromatic N) is 1. The molecule has 0 aromatic heterocycles. The van der Waals surface area contributed by atoms with Gasteiger partial charge in [0.2, 0.25) is 0 Å². The number of carbonyl (C=O) groups excluding carboxylic acids is 1. The second kappa shape index (κ2) is 5.99. The molecule has 1 heterocycles. The summed E-state index contributed by atoms with van der Waals surface area (Å²) in [5.74, 6) is -0.314. The second-order valence-corrected chi connectivity index (χ2v) is 8.04. The van der Waals surface area contributed by atoms with Gasteiger partial charge < -0.3 is 14.2 Å². The Bertz CT molecular complexity index is 713. The van der Waals surface area contributed by atoms with Crippen molar-refractivity contribution in [2.24, 2.45) is 0 Å². The molecule has 0 spiro atoms. The molecule has 1 saturated carbocycles. The zero-order chi connectivity index (χ0) is 19.5. The molecule has 8 heteroatoms. The lowest BCUT2D eigenvalue weighted by molar-refractivity contribution is -0.137. The largest absolute Gasteiger partial charge is 0.495 e. The molecule has 1 aromatic carbocycles. The van der Waals surface area contributed by atoms with Crippen molar-refractivity contribution in [3.63, 3.8) is 0 Å². The van der Waals surface area contributed by atoms with Crippen molar-refractivity contribution < 1.29 is 27.3 Å². The number of carbonyl (C=O) groups is 1. The maximum Gasteiger partial charge on any atom is 0.495 e. The summed E-state index contributed by atoms with van der Waals surface area (Å²) in [6.07, 6.45) is -2.69. The highest BCUT2D eigenvalue weighted by molar-refractivity contribution is 6.63. The third-order valence-corrected chi connectivity index (χ3v) is 5.53. The van der Waals surface area contributed by atoms with Crippen molar-refractivity contribution >= 4 is 18.5 Å². The Hall–Kier alpha value is -1.54. The standard InChI is InChI=1S/C18H23BF3NO3/c1-16(2)17(3,4)26-19(25-16)14-10-11(18(20,21)22)6-9-13(14)15(24)23(5)12-7-8-12/h6,9-10,12H,7-8H2,1-5H3. The highest BCUT2D eigenvalue weighted by Crippen LogP contribution is 2.38. The first-order valence-corrected chi connectivity index (χ1v) is 8.67. The number of amides is 1. The topological polar surface area (TPSA) is 38.8 Å². The molecule has 0 radical (unpaired) electrons. The van der Waals surface area contributed by atoms with Crippen LogP contribution in [0.15, 0.2) is 18.2 Å².